The van der Waals surface area contributed by atoms with Gasteiger partial charge in [-0.3, -0.25) is 10.1 Å². The van der Waals surface area contributed by atoms with Crippen molar-refractivity contribution in [1.82, 2.24) is 10.2 Å². The summed E-state index contributed by atoms with van der Waals surface area (Å²) in [6.45, 7) is 0. The van der Waals surface area contributed by atoms with Gasteiger partial charge in [-0.1, -0.05) is 0 Å². The molecule has 82 valence electrons. The molecule has 0 radical (unpaired) electrons. The molecule has 1 aromatic heterocycles. The molecular formula is C8H3BrFN3O3. The van der Waals surface area contributed by atoms with E-state index in [2.05, 4.69) is 26.1 Å². The van der Waals surface area contributed by atoms with Gasteiger partial charge in [0.25, 0.3) is 10.5 Å². The van der Waals surface area contributed by atoms with Crippen LogP contribution in [0.3, 0.4) is 0 Å². The van der Waals surface area contributed by atoms with Crippen molar-refractivity contribution in [1.29, 1.82) is 0 Å². The molecule has 2 rings (SSSR count). The Kier molecular flexibility index (Phi) is 2.65. The molecule has 16 heavy (non-hydrogen) atoms. The molecule has 0 bridgehead atoms. The molecule has 6 nitrogen and oxygen atoms in total. The van der Waals surface area contributed by atoms with E-state index in [0.717, 1.165) is 18.2 Å². The van der Waals surface area contributed by atoms with Crippen LogP contribution in [-0.4, -0.2) is 15.1 Å². The second kappa shape index (κ2) is 3.97. The number of aromatic nitrogens is 2. The van der Waals surface area contributed by atoms with E-state index in [9.17, 15) is 14.5 Å². The van der Waals surface area contributed by atoms with Crippen molar-refractivity contribution < 1.29 is 13.7 Å². The number of nitro groups is 1. The van der Waals surface area contributed by atoms with E-state index in [0.29, 0.717) is 0 Å². The lowest BCUT2D eigenvalue weighted by atomic mass is 10.2. The third kappa shape index (κ3) is 2.06. The molecule has 0 spiro atoms. The number of benzene rings is 1. The highest BCUT2D eigenvalue weighted by molar-refractivity contribution is 9.10. The number of hydrogen-bond donors (Lipinski definition) is 0. The predicted octanol–water partition coefficient (Wildman–Crippen LogP) is 2.55. The highest BCUT2D eigenvalue weighted by Gasteiger charge is 2.14. The second-order valence-electron chi connectivity index (χ2n) is 2.82. The highest BCUT2D eigenvalue weighted by atomic mass is 79.9. The summed E-state index contributed by atoms with van der Waals surface area (Å²) >= 11 is 2.93. The number of halogens is 2. The Morgan fingerprint density at radius 1 is 1.38 bits per heavy atom. The van der Waals surface area contributed by atoms with Gasteiger partial charge < -0.3 is 4.42 Å². The molecule has 0 saturated heterocycles. The normalized spacial score (nSPS) is 10.4. The Labute approximate surface area is 96.4 Å². The van der Waals surface area contributed by atoms with E-state index in [-0.39, 0.29) is 21.9 Å². The van der Waals surface area contributed by atoms with Crippen molar-refractivity contribution >= 4 is 21.6 Å². The Morgan fingerprint density at radius 3 is 2.69 bits per heavy atom. The van der Waals surface area contributed by atoms with Gasteiger partial charge in [-0.05, 0) is 6.07 Å². The number of rotatable bonds is 2. The van der Waals surface area contributed by atoms with Crippen LogP contribution in [0.1, 0.15) is 0 Å². The molecule has 8 heteroatoms. The summed E-state index contributed by atoms with van der Waals surface area (Å²) in [6.07, 6.45) is 0. The fraction of sp³-hybridized carbons (Fsp3) is 0. The van der Waals surface area contributed by atoms with E-state index >= 15 is 0 Å². The first-order valence-corrected chi connectivity index (χ1v) is 4.80. The Hall–Kier alpha value is -1.83. The van der Waals surface area contributed by atoms with Crippen LogP contribution in [0, 0.1) is 15.9 Å². The van der Waals surface area contributed by atoms with Crippen LogP contribution in [0.5, 0.6) is 0 Å². The molecule has 0 atom stereocenters. The SMILES string of the molecule is O=[N+]([O-])c1cc(F)cc(-c2nnc(Br)o2)c1. The van der Waals surface area contributed by atoms with Crippen molar-refractivity contribution in [2.24, 2.45) is 0 Å². The van der Waals surface area contributed by atoms with Crippen LogP contribution in [0.25, 0.3) is 11.5 Å². The quantitative estimate of drug-likeness (QED) is 0.626. The molecule has 0 amide bonds. The Bertz CT molecular complexity index is 557. The zero-order valence-electron chi connectivity index (χ0n) is 7.55. The van der Waals surface area contributed by atoms with Crippen molar-refractivity contribution in [3.8, 4) is 11.5 Å². The molecule has 0 fully saturated rings. The molecule has 0 saturated carbocycles. The average molecular weight is 288 g/mol. The molecular weight excluding hydrogens is 285 g/mol. The number of nitrogens with zero attached hydrogens (tertiary/aromatic N) is 3. The average Bonchev–Trinajstić information content (AvgIpc) is 2.64. The zero-order valence-corrected chi connectivity index (χ0v) is 9.14. The summed E-state index contributed by atoms with van der Waals surface area (Å²) in [4.78, 5) is 9.93. The maximum Gasteiger partial charge on any atom is 0.285 e. The van der Waals surface area contributed by atoms with Crippen LogP contribution in [0.4, 0.5) is 10.1 Å². The predicted molar refractivity (Wildman–Crippen MR) is 54.0 cm³/mol. The zero-order chi connectivity index (χ0) is 11.7. The second-order valence-corrected chi connectivity index (χ2v) is 3.49. The van der Waals surface area contributed by atoms with Gasteiger partial charge >= 0.3 is 0 Å². The number of non-ortho nitro benzene ring substituents is 1. The summed E-state index contributed by atoms with van der Waals surface area (Å²) in [5.41, 5.74) is -0.214. The maximum atomic E-state index is 13.1. The summed E-state index contributed by atoms with van der Waals surface area (Å²) in [5, 5.41) is 17.6. The minimum absolute atomic E-state index is 0.00877. The largest absolute Gasteiger partial charge is 0.411 e. The first-order valence-electron chi connectivity index (χ1n) is 4.00. The molecule has 0 unspecified atom stereocenters. The summed E-state index contributed by atoms with van der Waals surface area (Å²) in [6, 6.07) is 3.05. The standard InChI is InChI=1S/C8H3BrFN3O3/c9-8-12-11-7(16-8)4-1-5(10)3-6(2-4)13(14)15/h1-3H. The van der Waals surface area contributed by atoms with Gasteiger partial charge in [0.1, 0.15) is 5.82 Å². The third-order valence-corrected chi connectivity index (χ3v) is 2.06. The van der Waals surface area contributed by atoms with Gasteiger partial charge in [0.2, 0.25) is 5.89 Å². The van der Waals surface area contributed by atoms with Gasteiger partial charge in [0.05, 0.1) is 11.0 Å². The number of nitro benzene ring substituents is 1. The van der Waals surface area contributed by atoms with Crippen LogP contribution in [-0.2, 0) is 0 Å². The van der Waals surface area contributed by atoms with Gasteiger partial charge in [-0.25, -0.2) is 4.39 Å². The van der Waals surface area contributed by atoms with Crippen molar-refractivity contribution in [3.63, 3.8) is 0 Å². The van der Waals surface area contributed by atoms with E-state index in [4.69, 9.17) is 4.42 Å². The van der Waals surface area contributed by atoms with Crippen molar-refractivity contribution in [2.75, 3.05) is 0 Å². The first-order chi connectivity index (χ1) is 7.56. The van der Waals surface area contributed by atoms with Crippen LogP contribution < -0.4 is 0 Å². The van der Waals surface area contributed by atoms with Gasteiger partial charge in [-0.2, -0.15) is 0 Å². The molecule has 1 heterocycles. The minimum Gasteiger partial charge on any atom is -0.411 e. The van der Waals surface area contributed by atoms with E-state index < -0.39 is 10.7 Å². The monoisotopic (exact) mass is 287 g/mol. The highest BCUT2D eigenvalue weighted by Crippen LogP contribution is 2.25. The van der Waals surface area contributed by atoms with Crippen molar-refractivity contribution in [3.05, 3.63) is 38.9 Å². The molecule has 0 aliphatic carbocycles. The topological polar surface area (TPSA) is 82.1 Å². The van der Waals surface area contributed by atoms with Crippen LogP contribution >= 0.6 is 15.9 Å². The fourth-order valence-electron chi connectivity index (χ4n) is 1.13. The fourth-order valence-corrected chi connectivity index (χ4v) is 1.36. The van der Waals surface area contributed by atoms with Gasteiger partial charge in [-0.15, -0.1) is 10.2 Å². The minimum atomic E-state index is -0.737. The van der Waals surface area contributed by atoms with Crippen LogP contribution in [0.15, 0.2) is 27.4 Å². The third-order valence-electron chi connectivity index (χ3n) is 1.74. The Balaban J connectivity index is 2.53. The van der Waals surface area contributed by atoms with E-state index in [1.807, 2.05) is 0 Å². The van der Waals surface area contributed by atoms with E-state index in [1.165, 1.54) is 0 Å². The summed E-state index contributed by atoms with van der Waals surface area (Å²) in [7, 11) is 0. The van der Waals surface area contributed by atoms with Crippen molar-refractivity contribution in [2.45, 2.75) is 0 Å². The molecule has 0 aliphatic rings. The maximum absolute atomic E-state index is 13.1. The smallest absolute Gasteiger partial charge is 0.285 e. The lowest BCUT2D eigenvalue weighted by Crippen LogP contribution is -1.90. The van der Waals surface area contributed by atoms with E-state index in [1.54, 1.807) is 0 Å². The van der Waals surface area contributed by atoms with Gasteiger partial charge in [0, 0.05) is 27.6 Å². The molecule has 0 N–H and O–H groups in total. The molecule has 0 aliphatic heterocycles. The lowest BCUT2D eigenvalue weighted by molar-refractivity contribution is -0.385. The molecule has 2 aromatic rings. The number of hydrogen-bond acceptors (Lipinski definition) is 5. The Morgan fingerprint density at radius 2 is 2.12 bits per heavy atom. The first kappa shape index (κ1) is 10.7. The lowest BCUT2D eigenvalue weighted by Gasteiger charge is -1.96. The van der Waals surface area contributed by atoms with Gasteiger partial charge in [0.15, 0.2) is 0 Å². The summed E-state index contributed by atoms with van der Waals surface area (Å²) in [5.74, 6) is -0.729. The summed E-state index contributed by atoms with van der Waals surface area (Å²) < 4.78 is 18.0. The molecule has 1 aromatic carbocycles. The van der Waals surface area contributed by atoms with Crippen LogP contribution in [0.2, 0.25) is 0 Å².